The molecule has 0 saturated heterocycles. The largest absolute Gasteiger partial charge is 0.350 e. The summed E-state index contributed by atoms with van der Waals surface area (Å²) in [5.74, 6) is -0.388. The third-order valence-electron chi connectivity index (χ3n) is 3.76. The third-order valence-corrected chi connectivity index (χ3v) is 5.15. The van der Waals surface area contributed by atoms with E-state index in [-0.39, 0.29) is 33.8 Å². The number of hydrogen-bond acceptors (Lipinski definition) is 5. The number of non-ortho nitro benzene ring substituents is 1. The van der Waals surface area contributed by atoms with E-state index in [4.69, 9.17) is 0 Å². The molecule has 9 heteroatoms. The summed E-state index contributed by atoms with van der Waals surface area (Å²) in [5.41, 5.74) is 0.113. The van der Waals surface area contributed by atoms with Crippen molar-refractivity contribution >= 4 is 27.3 Å². The number of sulfonamides is 1. The van der Waals surface area contributed by atoms with Gasteiger partial charge in [0.15, 0.2) is 0 Å². The van der Waals surface area contributed by atoms with Gasteiger partial charge in [-0.3, -0.25) is 19.6 Å². The normalized spacial score (nSPS) is 12.2. The highest BCUT2D eigenvalue weighted by Crippen LogP contribution is 2.22. The minimum absolute atomic E-state index is 0.0539. The number of benzene rings is 2. The van der Waals surface area contributed by atoms with Crippen LogP contribution in [0.1, 0.15) is 30.6 Å². The van der Waals surface area contributed by atoms with Crippen LogP contribution >= 0.6 is 0 Å². The average molecular weight is 377 g/mol. The Morgan fingerprint density at radius 1 is 1.15 bits per heavy atom. The summed E-state index contributed by atoms with van der Waals surface area (Å²) in [6.07, 6.45) is 0.739. The van der Waals surface area contributed by atoms with Gasteiger partial charge in [0, 0.05) is 18.2 Å². The molecule has 2 aromatic carbocycles. The molecular weight excluding hydrogens is 358 g/mol. The van der Waals surface area contributed by atoms with Gasteiger partial charge in [0.05, 0.1) is 21.1 Å². The van der Waals surface area contributed by atoms with Crippen LogP contribution < -0.4 is 10.0 Å². The Labute approximate surface area is 151 Å². The van der Waals surface area contributed by atoms with Crippen LogP contribution in [0.4, 0.5) is 11.4 Å². The molecule has 0 aliphatic heterocycles. The van der Waals surface area contributed by atoms with Crippen LogP contribution in [0.3, 0.4) is 0 Å². The molecule has 0 spiro atoms. The second kappa shape index (κ2) is 7.96. The third kappa shape index (κ3) is 4.57. The first kappa shape index (κ1) is 19.4. The fourth-order valence-corrected chi connectivity index (χ4v) is 3.20. The van der Waals surface area contributed by atoms with Crippen LogP contribution in [0.2, 0.25) is 0 Å². The molecule has 2 aromatic rings. The molecule has 0 unspecified atom stereocenters. The smallest absolute Gasteiger partial charge is 0.269 e. The molecule has 2 N–H and O–H groups in total. The van der Waals surface area contributed by atoms with E-state index in [1.54, 1.807) is 12.1 Å². The highest BCUT2D eigenvalue weighted by molar-refractivity contribution is 7.92. The maximum atomic E-state index is 12.5. The Balaban J connectivity index is 2.29. The molecule has 0 radical (unpaired) electrons. The van der Waals surface area contributed by atoms with Gasteiger partial charge in [0.1, 0.15) is 0 Å². The van der Waals surface area contributed by atoms with Gasteiger partial charge >= 0.3 is 0 Å². The molecular formula is C17H19N3O5S. The lowest BCUT2D eigenvalue weighted by atomic mass is 10.1. The first-order valence-corrected chi connectivity index (χ1v) is 9.40. The molecule has 1 amide bonds. The van der Waals surface area contributed by atoms with Gasteiger partial charge in [-0.2, -0.15) is 0 Å². The van der Waals surface area contributed by atoms with Crippen LogP contribution in [-0.2, 0) is 10.0 Å². The lowest BCUT2D eigenvalue weighted by Gasteiger charge is -2.15. The van der Waals surface area contributed by atoms with Crippen molar-refractivity contribution in [1.29, 1.82) is 0 Å². The van der Waals surface area contributed by atoms with E-state index < -0.39 is 14.9 Å². The Kier molecular flexibility index (Phi) is 5.93. The van der Waals surface area contributed by atoms with Gasteiger partial charge in [0.25, 0.3) is 21.6 Å². The summed E-state index contributed by atoms with van der Waals surface area (Å²) in [4.78, 5) is 22.3. The first-order valence-electron chi connectivity index (χ1n) is 7.91. The van der Waals surface area contributed by atoms with Gasteiger partial charge in [0.2, 0.25) is 0 Å². The zero-order valence-electron chi connectivity index (χ0n) is 14.3. The second-order valence-electron chi connectivity index (χ2n) is 5.68. The highest BCUT2D eigenvalue weighted by Gasteiger charge is 2.20. The predicted molar refractivity (Wildman–Crippen MR) is 97.6 cm³/mol. The Hall–Kier alpha value is -2.94. The number of nitro groups is 1. The maximum Gasteiger partial charge on any atom is 0.269 e. The number of nitrogens with one attached hydrogen (secondary N) is 2. The monoisotopic (exact) mass is 377 g/mol. The summed E-state index contributed by atoms with van der Waals surface area (Å²) in [5, 5.41) is 13.5. The number of carbonyl (C=O) groups excluding carboxylic acids is 1. The van der Waals surface area contributed by atoms with Gasteiger partial charge in [-0.1, -0.05) is 19.1 Å². The molecule has 138 valence electrons. The topological polar surface area (TPSA) is 118 Å². The molecule has 8 nitrogen and oxygen atoms in total. The van der Waals surface area contributed by atoms with Crippen molar-refractivity contribution in [1.82, 2.24) is 5.32 Å². The minimum atomic E-state index is -4.00. The van der Waals surface area contributed by atoms with Crippen molar-refractivity contribution in [3.8, 4) is 0 Å². The van der Waals surface area contributed by atoms with Crippen molar-refractivity contribution in [2.75, 3.05) is 4.72 Å². The second-order valence-corrected chi connectivity index (χ2v) is 7.37. The Morgan fingerprint density at radius 2 is 1.77 bits per heavy atom. The number of carbonyl (C=O) groups is 1. The lowest BCUT2D eigenvalue weighted by Crippen LogP contribution is -2.32. The summed E-state index contributed by atoms with van der Waals surface area (Å²) in [6.45, 7) is 3.77. The zero-order chi connectivity index (χ0) is 19.3. The molecule has 26 heavy (non-hydrogen) atoms. The molecule has 0 aliphatic rings. The number of para-hydroxylation sites is 1. The summed E-state index contributed by atoms with van der Waals surface area (Å²) >= 11 is 0. The Bertz CT molecular complexity index is 910. The summed E-state index contributed by atoms with van der Waals surface area (Å²) < 4.78 is 27.4. The minimum Gasteiger partial charge on any atom is -0.350 e. The predicted octanol–water partition coefficient (Wildman–Crippen LogP) is 2.92. The maximum absolute atomic E-state index is 12.5. The lowest BCUT2D eigenvalue weighted by molar-refractivity contribution is -0.384. The van der Waals surface area contributed by atoms with E-state index in [0.29, 0.717) is 0 Å². The van der Waals surface area contributed by atoms with E-state index in [1.165, 1.54) is 12.1 Å². The van der Waals surface area contributed by atoms with Crippen LogP contribution in [0.5, 0.6) is 0 Å². The molecule has 0 saturated carbocycles. The van der Waals surface area contributed by atoms with Gasteiger partial charge in [-0.15, -0.1) is 0 Å². The highest BCUT2D eigenvalue weighted by atomic mass is 32.2. The van der Waals surface area contributed by atoms with E-state index in [1.807, 2.05) is 13.8 Å². The van der Waals surface area contributed by atoms with Crippen molar-refractivity contribution in [3.05, 3.63) is 64.2 Å². The van der Waals surface area contributed by atoms with Crippen molar-refractivity contribution in [3.63, 3.8) is 0 Å². The van der Waals surface area contributed by atoms with Gasteiger partial charge < -0.3 is 5.32 Å². The number of nitrogens with zero attached hydrogens (tertiary/aromatic N) is 1. The fourth-order valence-electron chi connectivity index (χ4n) is 2.12. The van der Waals surface area contributed by atoms with E-state index in [2.05, 4.69) is 10.0 Å². The molecule has 2 rings (SSSR count). The number of nitro benzene ring substituents is 1. The molecule has 0 fully saturated rings. The Morgan fingerprint density at radius 3 is 2.35 bits per heavy atom. The van der Waals surface area contributed by atoms with Crippen molar-refractivity contribution in [2.24, 2.45) is 0 Å². The van der Waals surface area contributed by atoms with E-state index in [9.17, 15) is 23.3 Å². The van der Waals surface area contributed by atoms with Crippen molar-refractivity contribution < 1.29 is 18.1 Å². The van der Waals surface area contributed by atoms with Crippen LogP contribution in [0.15, 0.2) is 53.4 Å². The van der Waals surface area contributed by atoms with Crippen molar-refractivity contribution in [2.45, 2.75) is 31.2 Å². The first-order chi connectivity index (χ1) is 12.2. The number of rotatable bonds is 7. The van der Waals surface area contributed by atoms with E-state index >= 15 is 0 Å². The molecule has 0 heterocycles. The molecule has 0 aromatic heterocycles. The molecule has 0 aliphatic carbocycles. The number of hydrogen-bond donors (Lipinski definition) is 2. The van der Waals surface area contributed by atoms with Crippen LogP contribution in [-0.4, -0.2) is 25.3 Å². The SMILES string of the molecule is CC[C@H](C)NC(=O)c1ccccc1NS(=O)(=O)c1ccc([N+](=O)[O-])cc1. The zero-order valence-corrected chi connectivity index (χ0v) is 15.1. The van der Waals surface area contributed by atoms with Gasteiger partial charge in [-0.25, -0.2) is 8.42 Å². The average Bonchev–Trinajstić information content (AvgIpc) is 2.61. The van der Waals surface area contributed by atoms with Gasteiger partial charge in [-0.05, 0) is 37.6 Å². The van der Waals surface area contributed by atoms with Crippen LogP contribution in [0, 0.1) is 10.1 Å². The standard InChI is InChI=1S/C17H19N3O5S/c1-3-12(2)18-17(21)15-6-4-5-7-16(15)19-26(24,25)14-10-8-13(9-11-14)20(22)23/h4-12,19H,3H2,1-2H3,(H,18,21)/t12-/m0/s1. The van der Waals surface area contributed by atoms with Crippen LogP contribution in [0.25, 0.3) is 0 Å². The number of anilines is 1. The summed E-state index contributed by atoms with van der Waals surface area (Å²) in [7, 11) is -4.00. The summed E-state index contributed by atoms with van der Waals surface area (Å²) in [6, 6.07) is 10.7. The molecule has 1 atom stereocenters. The number of amides is 1. The quantitative estimate of drug-likeness (QED) is 0.568. The fraction of sp³-hybridized carbons (Fsp3) is 0.235. The molecule has 0 bridgehead atoms. The van der Waals surface area contributed by atoms with E-state index in [0.717, 1.165) is 30.7 Å².